The molecule has 2 heterocycles. The number of fused-ring (bicyclic) bond motifs is 7. The monoisotopic (exact) mass is 467 g/mol. The molecule has 0 N–H and O–H groups in total. The van der Waals surface area contributed by atoms with Crippen LogP contribution in [0.3, 0.4) is 0 Å². The average Bonchev–Trinajstić information content (AvgIpc) is 3.63. The third-order valence-electron chi connectivity index (χ3n) is 8.17. The Kier molecular flexibility index (Phi) is 4.76. The van der Waals surface area contributed by atoms with Crippen LogP contribution in [0.5, 0.6) is 11.5 Å². The van der Waals surface area contributed by atoms with Gasteiger partial charge in [0.05, 0.1) is 6.73 Å². The Morgan fingerprint density at radius 3 is 2.06 bits per heavy atom. The Labute approximate surface area is 221 Å². The van der Waals surface area contributed by atoms with Crippen LogP contribution in [0, 0.1) is 0 Å². The standard InChI is InChI=1S/C30H22NO4.Li/c32-30-25-16-27-26(33-18-34-27)14-19(25)15-28(30)31(17-35-30)29(20-8-2-1-3-9-20)23-12-6-4-10-21(23)22-11-5-7-13-24(22)29;/h1-14,16,28H,15,17-18H2;/q-1;+1. The first kappa shape index (κ1) is 22.2. The number of hydrogen-bond acceptors (Lipinski definition) is 5. The van der Waals surface area contributed by atoms with Crippen LogP contribution in [0.2, 0.25) is 0 Å². The van der Waals surface area contributed by atoms with Crippen molar-refractivity contribution >= 4 is 0 Å². The van der Waals surface area contributed by atoms with Gasteiger partial charge in [0.15, 0.2) is 11.5 Å². The summed E-state index contributed by atoms with van der Waals surface area (Å²) in [5.74, 6) is -0.353. The van der Waals surface area contributed by atoms with Gasteiger partial charge in [0.2, 0.25) is 6.79 Å². The maximum Gasteiger partial charge on any atom is 1.00 e. The SMILES string of the molecule is [Li+].[O-]C12OCN(C3(c4ccccc4)c4ccccc4-c4ccccc43)C1Cc1cc3c(cc12)OCO3. The first-order chi connectivity index (χ1) is 17.2. The van der Waals surface area contributed by atoms with Gasteiger partial charge in [-0.15, -0.1) is 0 Å². The minimum absolute atomic E-state index is 0. The van der Waals surface area contributed by atoms with Crippen LogP contribution in [0.15, 0.2) is 91.0 Å². The predicted octanol–water partition coefficient (Wildman–Crippen LogP) is 1.12. The molecular formula is C30H22LiNO4. The molecule has 0 bridgehead atoms. The summed E-state index contributed by atoms with van der Waals surface area (Å²) in [5, 5.41) is 14.5. The Morgan fingerprint density at radius 1 is 0.750 bits per heavy atom. The number of hydrogen-bond donors (Lipinski definition) is 0. The van der Waals surface area contributed by atoms with E-state index in [2.05, 4.69) is 77.7 Å². The summed E-state index contributed by atoms with van der Waals surface area (Å²) in [4.78, 5) is 2.30. The molecule has 4 aliphatic rings. The average molecular weight is 467 g/mol. The van der Waals surface area contributed by atoms with Crippen molar-refractivity contribution in [2.45, 2.75) is 23.8 Å². The smallest absolute Gasteiger partial charge is 0.824 e. The molecule has 36 heavy (non-hydrogen) atoms. The summed E-state index contributed by atoms with van der Waals surface area (Å²) in [7, 11) is 0. The molecule has 0 saturated carbocycles. The molecule has 172 valence electrons. The van der Waals surface area contributed by atoms with Gasteiger partial charge >= 0.3 is 18.9 Å². The van der Waals surface area contributed by atoms with Crippen molar-refractivity contribution < 1.29 is 38.2 Å². The number of rotatable bonds is 2. The summed E-state index contributed by atoms with van der Waals surface area (Å²) < 4.78 is 17.4. The van der Waals surface area contributed by atoms with Gasteiger partial charge in [-0.2, -0.15) is 0 Å². The quantitative estimate of drug-likeness (QED) is 0.414. The molecule has 0 radical (unpaired) electrons. The van der Waals surface area contributed by atoms with Crippen LogP contribution in [0.4, 0.5) is 0 Å². The summed E-state index contributed by atoms with van der Waals surface area (Å²) >= 11 is 0. The maximum atomic E-state index is 14.5. The molecule has 8 rings (SSSR count). The molecular weight excluding hydrogens is 445 g/mol. The molecule has 2 unspecified atom stereocenters. The van der Waals surface area contributed by atoms with Crippen LogP contribution in [-0.4, -0.2) is 24.5 Å². The molecule has 0 spiro atoms. The van der Waals surface area contributed by atoms with E-state index in [-0.39, 0.29) is 38.4 Å². The Balaban J connectivity index is 0.00000220. The molecule has 2 atom stereocenters. The van der Waals surface area contributed by atoms with Crippen molar-refractivity contribution in [1.82, 2.24) is 4.90 Å². The second-order valence-corrected chi connectivity index (χ2v) is 9.66. The summed E-state index contributed by atoms with van der Waals surface area (Å²) in [6.45, 7) is 0.421. The second-order valence-electron chi connectivity index (χ2n) is 9.66. The Morgan fingerprint density at radius 2 is 1.36 bits per heavy atom. The molecule has 1 saturated heterocycles. The normalized spacial score (nSPS) is 24.0. The van der Waals surface area contributed by atoms with Gasteiger partial charge in [0.1, 0.15) is 5.54 Å². The zero-order valence-corrected chi connectivity index (χ0v) is 19.9. The number of nitrogens with zero attached hydrogens (tertiary/aromatic N) is 1. The van der Waals surface area contributed by atoms with E-state index in [9.17, 15) is 5.11 Å². The van der Waals surface area contributed by atoms with Crippen LogP contribution >= 0.6 is 0 Å². The van der Waals surface area contributed by atoms with Gasteiger partial charge in [-0.3, -0.25) is 4.90 Å². The minimum atomic E-state index is -1.68. The van der Waals surface area contributed by atoms with E-state index in [1.807, 2.05) is 18.2 Å². The molecule has 0 amide bonds. The van der Waals surface area contributed by atoms with Gasteiger partial charge in [0, 0.05) is 11.8 Å². The van der Waals surface area contributed by atoms with Gasteiger partial charge in [0.25, 0.3) is 0 Å². The first-order valence-corrected chi connectivity index (χ1v) is 12.0. The fraction of sp³-hybridized carbons (Fsp3) is 0.200. The Hall–Kier alpha value is -3.04. The maximum absolute atomic E-state index is 14.5. The largest absolute Gasteiger partial charge is 1.00 e. The van der Waals surface area contributed by atoms with Crippen molar-refractivity contribution in [1.29, 1.82) is 0 Å². The van der Waals surface area contributed by atoms with E-state index >= 15 is 0 Å². The molecule has 5 nitrogen and oxygen atoms in total. The molecule has 6 heteroatoms. The van der Waals surface area contributed by atoms with Crippen molar-refractivity contribution in [3.63, 3.8) is 0 Å². The van der Waals surface area contributed by atoms with Crippen molar-refractivity contribution in [2.24, 2.45) is 0 Å². The molecule has 0 aromatic heterocycles. The first-order valence-electron chi connectivity index (χ1n) is 12.0. The fourth-order valence-corrected chi connectivity index (χ4v) is 6.75. The molecule has 4 aromatic carbocycles. The second kappa shape index (κ2) is 7.73. The zero-order valence-electron chi connectivity index (χ0n) is 19.9. The Bertz CT molecular complexity index is 1460. The van der Waals surface area contributed by atoms with Gasteiger partial charge in [-0.1, -0.05) is 78.9 Å². The zero-order chi connectivity index (χ0) is 23.2. The molecule has 1 fully saturated rings. The topological polar surface area (TPSA) is 54.0 Å². The third kappa shape index (κ3) is 2.62. The van der Waals surface area contributed by atoms with Crippen molar-refractivity contribution in [3.8, 4) is 22.6 Å². The van der Waals surface area contributed by atoms with E-state index < -0.39 is 11.3 Å². The van der Waals surface area contributed by atoms with Crippen LogP contribution in [0.25, 0.3) is 11.1 Å². The number of benzene rings is 4. The number of ether oxygens (including phenoxy) is 3. The third-order valence-corrected chi connectivity index (χ3v) is 8.17. The predicted molar refractivity (Wildman–Crippen MR) is 128 cm³/mol. The van der Waals surface area contributed by atoms with Gasteiger partial charge in [-0.25, -0.2) is 0 Å². The molecule has 4 aromatic rings. The van der Waals surface area contributed by atoms with E-state index in [1.165, 1.54) is 22.3 Å². The van der Waals surface area contributed by atoms with Crippen LogP contribution < -0.4 is 33.4 Å². The summed E-state index contributed by atoms with van der Waals surface area (Å²) in [6, 6.07) is 31.0. The van der Waals surface area contributed by atoms with E-state index in [0.29, 0.717) is 23.5 Å². The van der Waals surface area contributed by atoms with Crippen molar-refractivity contribution in [3.05, 3.63) is 119 Å². The molecule has 2 aliphatic heterocycles. The van der Waals surface area contributed by atoms with E-state index in [1.54, 1.807) is 0 Å². The van der Waals surface area contributed by atoms with E-state index in [4.69, 9.17) is 14.2 Å². The van der Waals surface area contributed by atoms with Gasteiger partial charge < -0.3 is 19.3 Å². The fourth-order valence-electron chi connectivity index (χ4n) is 6.75. The van der Waals surface area contributed by atoms with Gasteiger partial charge in [-0.05, 0) is 57.5 Å². The summed E-state index contributed by atoms with van der Waals surface area (Å²) in [5.41, 5.74) is 6.91. The van der Waals surface area contributed by atoms with Crippen molar-refractivity contribution in [2.75, 3.05) is 13.5 Å². The molecule has 2 aliphatic carbocycles. The minimum Gasteiger partial charge on any atom is -0.824 e. The summed E-state index contributed by atoms with van der Waals surface area (Å²) in [6.07, 6.45) is 0.592. The van der Waals surface area contributed by atoms with Crippen LogP contribution in [0.1, 0.15) is 27.8 Å². The van der Waals surface area contributed by atoms with E-state index in [0.717, 1.165) is 11.1 Å². The van der Waals surface area contributed by atoms with Crippen LogP contribution in [-0.2, 0) is 22.5 Å².